The minimum atomic E-state index is -1.42. The fourth-order valence-electron chi connectivity index (χ4n) is 10.2. The Hall–Kier alpha value is -4.22. The van der Waals surface area contributed by atoms with E-state index in [-0.39, 0.29) is 57.2 Å². The van der Waals surface area contributed by atoms with Crippen LogP contribution in [0.15, 0.2) is 104 Å². The van der Waals surface area contributed by atoms with Crippen LogP contribution < -0.4 is 5.32 Å². The Morgan fingerprint density at radius 2 is 1.40 bits per heavy atom. The van der Waals surface area contributed by atoms with Gasteiger partial charge in [-0.15, -0.1) is 0 Å². The monoisotopic (exact) mass is 974 g/mol. The third kappa shape index (κ3) is 15.2. The Morgan fingerprint density at radius 1 is 0.757 bits per heavy atom. The van der Waals surface area contributed by atoms with Crippen LogP contribution in [0.4, 0.5) is 4.79 Å². The molecule has 2 saturated carbocycles. The topological polar surface area (TPSA) is 159 Å². The van der Waals surface area contributed by atoms with Crippen LogP contribution >= 0.6 is 0 Å². The summed E-state index contributed by atoms with van der Waals surface area (Å²) >= 11 is 0. The number of hydrogen-bond acceptors (Lipinski definition) is 13. The van der Waals surface area contributed by atoms with E-state index in [9.17, 15) is 14.7 Å². The van der Waals surface area contributed by atoms with E-state index in [1.165, 1.54) is 6.08 Å². The van der Waals surface area contributed by atoms with Gasteiger partial charge in [0.25, 0.3) is 0 Å². The molecule has 4 aliphatic rings. The fourth-order valence-corrected chi connectivity index (χ4v) is 10.2. The quantitative estimate of drug-likeness (QED) is 0.0528. The molecule has 1 amide bonds. The van der Waals surface area contributed by atoms with Crippen LogP contribution in [0.25, 0.3) is 0 Å². The van der Waals surface area contributed by atoms with Crippen LogP contribution in [-0.2, 0) is 72.0 Å². The lowest BCUT2D eigenvalue weighted by atomic mass is 9.84. The molecule has 0 aromatic heterocycles. The van der Waals surface area contributed by atoms with Gasteiger partial charge in [0.2, 0.25) is 0 Å². The number of aliphatic hydroxyl groups excluding tert-OH is 1. The smallest absolute Gasteiger partial charge is 0.407 e. The predicted molar refractivity (Wildman–Crippen MR) is 262 cm³/mol. The van der Waals surface area contributed by atoms with Crippen molar-refractivity contribution in [2.45, 2.75) is 179 Å². The summed E-state index contributed by atoms with van der Waals surface area (Å²) < 4.78 is 72.8. The van der Waals surface area contributed by atoms with Gasteiger partial charge < -0.3 is 57.8 Å². The second-order valence-corrected chi connectivity index (χ2v) is 19.4. The highest BCUT2D eigenvalue weighted by molar-refractivity contribution is 5.74. The van der Waals surface area contributed by atoms with Gasteiger partial charge in [-0.2, -0.15) is 0 Å². The average Bonchev–Trinajstić information content (AvgIpc) is 3.39. The molecule has 2 aliphatic heterocycles. The van der Waals surface area contributed by atoms with E-state index in [4.69, 9.17) is 48.7 Å². The molecule has 2 aliphatic carbocycles. The van der Waals surface area contributed by atoms with Crippen molar-refractivity contribution in [2.75, 3.05) is 19.8 Å². The number of amides is 1. The van der Waals surface area contributed by atoms with E-state index in [0.29, 0.717) is 26.1 Å². The van der Waals surface area contributed by atoms with Crippen molar-refractivity contribution in [3.05, 3.63) is 120 Å². The normalized spacial score (nSPS) is 31.2. The highest BCUT2D eigenvalue weighted by Crippen LogP contribution is 2.39. The molecule has 0 spiro atoms. The van der Waals surface area contributed by atoms with Gasteiger partial charge in [0.15, 0.2) is 18.7 Å². The van der Waals surface area contributed by atoms with Crippen molar-refractivity contribution >= 4 is 12.1 Å². The Kier molecular flexibility index (Phi) is 20.5. The van der Waals surface area contributed by atoms with E-state index in [0.717, 1.165) is 61.6 Å². The number of hydrogen-bond donors (Lipinski definition) is 2. The maximum Gasteiger partial charge on any atom is 0.407 e. The van der Waals surface area contributed by atoms with Crippen molar-refractivity contribution < 1.29 is 63.4 Å². The molecule has 5 unspecified atom stereocenters. The second-order valence-electron chi connectivity index (χ2n) is 19.4. The number of ether oxygens (including phenoxy) is 10. The first-order valence-electron chi connectivity index (χ1n) is 26.2. The lowest BCUT2D eigenvalue weighted by Crippen LogP contribution is -2.67. The lowest BCUT2D eigenvalue weighted by Gasteiger charge is -2.49. The van der Waals surface area contributed by atoms with Gasteiger partial charge in [-0.25, -0.2) is 9.59 Å². The first-order valence-corrected chi connectivity index (χ1v) is 25.5. The molecule has 3 aromatic rings. The van der Waals surface area contributed by atoms with Gasteiger partial charge in [-0.05, 0) is 61.6 Å². The molecule has 0 radical (unpaired) electrons. The van der Waals surface area contributed by atoms with Crippen molar-refractivity contribution in [3.63, 3.8) is 0 Å². The summed E-state index contributed by atoms with van der Waals surface area (Å²) in [6.45, 7) is 10.5. The Bertz CT molecular complexity index is 2010. The van der Waals surface area contributed by atoms with Gasteiger partial charge in [0, 0.05) is 13.9 Å². The van der Waals surface area contributed by atoms with Crippen molar-refractivity contribution in [3.8, 4) is 0 Å². The number of nitrogens with one attached hydrogen (secondary N) is 1. The molecular formula is C56H77NO13. The van der Waals surface area contributed by atoms with Crippen LogP contribution in [0, 0.1) is 17.8 Å². The van der Waals surface area contributed by atoms with Crippen LogP contribution in [0.2, 0.25) is 0 Å². The zero-order valence-electron chi connectivity index (χ0n) is 42.3. The number of carbonyl (C=O) groups is 2. The minimum absolute atomic E-state index is 0.00740. The number of rotatable bonds is 23. The Balaban J connectivity index is 1.18. The second kappa shape index (κ2) is 27.6. The van der Waals surface area contributed by atoms with E-state index < -0.39 is 79.5 Å². The summed E-state index contributed by atoms with van der Waals surface area (Å²) in [6.07, 6.45) is -1.17. The highest BCUT2D eigenvalue weighted by atomic mass is 16.7. The standard InChI is InChI=1S/C56H77NO13/c1-6-31-62-56(60)57-47-51(67-45(32-40-22-12-8-13-23-40)53(59)65-35-43-28-18-11-19-29-43)48(58)46(36-61-7-2)69-54(47)68-44-30-20-21-37(3)49(44)70-55-52(64-34-42-26-16-10-17-27-42)50(38(4)39(5)66-55)63-33-41-24-14-9-15-25-41/h6,9-11,14-19,24-29,37-40,44-52,54-55,58H,1,7-8,12-13,20-23,30-36H2,2-5H3,(H,57,60)/t37-,38-,39?,44-,45+,46+,47?,48+,49?,50+,51?,52?,54-,55+/m1/s1/i2T. The first kappa shape index (κ1) is 52.1. The molecule has 14 heteroatoms. The molecule has 0 bridgehead atoms. The lowest BCUT2D eigenvalue weighted by molar-refractivity contribution is -0.340. The van der Waals surface area contributed by atoms with E-state index in [1.54, 1.807) is 0 Å². The van der Waals surface area contributed by atoms with E-state index in [1.807, 2.05) is 97.9 Å². The van der Waals surface area contributed by atoms with E-state index in [2.05, 4.69) is 25.7 Å². The van der Waals surface area contributed by atoms with Gasteiger partial charge >= 0.3 is 12.1 Å². The molecule has 3 aromatic carbocycles. The van der Waals surface area contributed by atoms with E-state index >= 15 is 0 Å². The summed E-state index contributed by atoms with van der Waals surface area (Å²) in [4.78, 5) is 27.9. The summed E-state index contributed by atoms with van der Waals surface area (Å²) in [5.41, 5.74) is 2.85. The summed E-state index contributed by atoms with van der Waals surface area (Å²) in [6, 6.07) is 28.2. The maximum absolute atomic E-state index is 14.2. The largest absolute Gasteiger partial charge is 0.459 e. The van der Waals surface area contributed by atoms with Crippen molar-refractivity contribution in [2.24, 2.45) is 17.8 Å². The maximum atomic E-state index is 14.2. The first-order chi connectivity index (χ1) is 34.6. The third-order valence-corrected chi connectivity index (χ3v) is 14.2. The number of alkyl carbamates (subject to hydrolysis) is 1. The Morgan fingerprint density at radius 3 is 2.04 bits per heavy atom. The number of aliphatic hydroxyl groups is 1. The minimum Gasteiger partial charge on any atom is -0.459 e. The third-order valence-electron chi connectivity index (χ3n) is 14.2. The number of benzene rings is 3. The summed E-state index contributed by atoms with van der Waals surface area (Å²) in [7, 11) is 0. The molecule has 14 nitrogen and oxygen atoms in total. The van der Waals surface area contributed by atoms with Crippen LogP contribution in [0.3, 0.4) is 0 Å². The fraction of sp³-hybridized carbons (Fsp3) is 0.607. The molecule has 14 atom stereocenters. The van der Waals surface area contributed by atoms with Gasteiger partial charge in [0.05, 0.1) is 44.2 Å². The zero-order chi connectivity index (χ0) is 50.0. The number of carbonyl (C=O) groups excluding carboxylic acids is 2. The van der Waals surface area contributed by atoms with Crippen molar-refractivity contribution in [1.29, 1.82) is 0 Å². The molecular weight excluding hydrogens is 895 g/mol. The van der Waals surface area contributed by atoms with Gasteiger partial charge in [-0.3, -0.25) is 0 Å². The van der Waals surface area contributed by atoms with Crippen LogP contribution in [0.5, 0.6) is 0 Å². The highest BCUT2D eigenvalue weighted by Gasteiger charge is 2.52. The Labute approximate surface area is 416 Å². The molecule has 2 saturated heterocycles. The van der Waals surface area contributed by atoms with Gasteiger partial charge in [-0.1, -0.05) is 156 Å². The molecule has 7 rings (SSSR count). The molecule has 2 N–H and O–H groups in total. The van der Waals surface area contributed by atoms with Gasteiger partial charge in [0.1, 0.15) is 43.7 Å². The van der Waals surface area contributed by atoms with Crippen molar-refractivity contribution in [1.82, 2.24) is 5.32 Å². The van der Waals surface area contributed by atoms with Crippen LogP contribution in [0.1, 0.15) is 104 Å². The molecule has 384 valence electrons. The predicted octanol–water partition coefficient (Wildman–Crippen LogP) is 9.00. The van der Waals surface area contributed by atoms with Crippen LogP contribution in [-0.4, -0.2) is 111 Å². The zero-order valence-corrected chi connectivity index (χ0v) is 41.3. The molecule has 70 heavy (non-hydrogen) atoms. The SMILES string of the molecule is [3H]CCOC[C@@H]1O[C@@H](O[C@@H]2CCC[C@@H](C)C2O[C@@H]2OC(C)[C@@H](C)[C@H](OCc3ccccc3)C2OCc2ccccc2)C(NC(=O)OCC=C)C(O[C@@H](CC2CCCCC2)C(=O)OCc2ccccc2)[C@H]1O. The molecule has 4 fully saturated rings. The number of esters is 1. The summed E-state index contributed by atoms with van der Waals surface area (Å²) in [5, 5.41) is 15.1. The summed E-state index contributed by atoms with van der Waals surface area (Å²) in [5.74, 6) is -0.466. The average molecular weight is 974 g/mol. The molecule has 2 heterocycles.